The maximum Gasteiger partial charge on any atom is 0.0558 e. The van der Waals surface area contributed by atoms with Gasteiger partial charge in [0, 0.05) is 22.5 Å². The van der Waals surface area contributed by atoms with Crippen molar-refractivity contribution in [3.05, 3.63) is 83.9 Å². The molecule has 0 heterocycles. The lowest BCUT2D eigenvalue weighted by atomic mass is 10.1. The number of benzene rings is 2. The highest BCUT2D eigenvalue weighted by Crippen LogP contribution is 2.24. The zero-order valence-electron chi connectivity index (χ0n) is 13.9. The van der Waals surface area contributed by atoms with Crippen molar-refractivity contribution < 1.29 is 5.11 Å². The van der Waals surface area contributed by atoms with Crippen LogP contribution in [0.2, 0.25) is 0 Å². The van der Waals surface area contributed by atoms with Gasteiger partial charge in [-0.15, -0.1) is 0 Å². The molecule has 1 nitrogen and oxygen atoms in total. The molecule has 2 rings (SSSR count). The molecule has 0 spiro atoms. The highest BCUT2D eigenvalue weighted by atomic mass is 32.2. The van der Waals surface area contributed by atoms with Gasteiger partial charge in [-0.25, -0.2) is 0 Å². The number of rotatable bonds is 10. The summed E-state index contributed by atoms with van der Waals surface area (Å²) in [7, 11) is 0. The first-order valence-corrected chi connectivity index (χ1v) is 10.2. The number of thioether (sulfide) groups is 2. The maximum absolute atomic E-state index is 9.62. The Bertz CT molecular complexity index is 666. The summed E-state index contributed by atoms with van der Waals surface area (Å²) in [5.74, 6) is 2.82. The van der Waals surface area contributed by atoms with Crippen molar-refractivity contribution in [2.45, 2.75) is 16.8 Å². The normalized spacial score (nSPS) is 11.9. The number of hydrogen-bond acceptors (Lipinski definition) is 3. The SMILES string of the molecule is C=Cc1cccc(CSCC(CO)SCc2cccc(C=C)c2)c1. The van der Waals surface area contributed by atoms with Crippen LogP contribution in [0.1, 0.15) is 22.3 Å². The zero-order chi connectivity index (χ0) is 17.2. The fourth-order valence-corrected chi connectivity index (χ4v) is 4.58. The summed E-state index contributed by atoms with van der Waals surface area (Å²) in [6.07, 6.45) is 3.74. The molecule has 1 unspecified atom stereocenters. The third kappa shape index (κ3) is 6.23. The van der Waals surface area contributed by atoms with E-state index in [9.17, 15) is 5.11 Å². The van der Waals surface area contributed by atoms with Gasteiger partial charge < -0.3 is 5.11 Å². The molecule has 2 aromatic carbocycles. The minimum absolute atomic E-state index is 0.214. The highest BCUT2D eigenvalue weighted by molar-refractivity contribution is 8.02. The van der Waals surface area contributed by atoms with E-state index in [1.54, 1.807) is 0 Å². The van der Waals surface area contributed by atoms with Crippen LogP contribution in [0, 0.1) is 0 Å². The second-order valence-electron chi connectivity index (χ2n) is 5.53. The fraction of sp³-hybridized carbons (Fsp3) is 0.238. The molecule has 0 aliphatic heterocycles. The van der Waals surface area contributed by atoms with E-state index >= 15 is 0 Å². The van der Waals surface area contributed by atoms with Crippen molar-refractivity contribution in [1.82, 2.24) is 0 Å². The highest BCUT2D eigenvalue weighted by Gasteiger charge is 2.09. The lowest BCUT2D eigenvalue weighted by Crippen LogP contribution is -2.12. The second-order valence-corrected chi connectivity index (χ2v) is 7.85. The van der Waals surface area contributed by atoms with Crippen LogP contribution >= 0.6 is 23.5 Å². The van der Waals surface area contributed by atoms with Crippen molar-refractivity contribution in [1.29, 1.82) is 0 Å². The minimum Gasteiger partial charge on any atom is -0.395 e. The first-order valence-electron chi connectivity index (χ1n) is 7.98. The third-order valence-corrected chi connectivity index (χ3v) is 6.31. The average Bonchev–Trinajstić information content (AvgIpc) is 2.64. The molecule has 0 aliphatic rings. The quantitative estimate of drug-likeness (QED) is 0.607. The average molecular weight is 357 g/mol. The molecule has 3 heteroatoms. The lowest BCUT2D eigenvalue weighted by molar-refractivity contribution is 0.301. The van der Waals surface area contributed by atoms with Crippen molar-refractivity contribution in [2.24, 2.45) is 0 Å². The molecule has 0 aromatic heterocycles. The van der Waals surface area contributed by atoms with Crippen LogP contribution in [0.3, 0.4) is 0 Å². The molecule has 0 saturated carbocycles. The molecular formula is C21H24OS2. The van der Waals surface area contributed by atoms with E-state index in [4.69, 9.17) is 0 Å². The Balaban J connectivity index is 1.79. The van der Waals surface area contributed by atoms with Gasteiger partial charge in [0.05, 0.1) is 6.61 Å². The molecule has 0 radical (unpaired) electrons. The molecule has 0 bridgehead atoms. The van der Waals surface area contributed by atoms with Gasteiger partial charge in [0.1, 0.15) is 0 Å². The van der Waals surface area contributed by atoms with E-state index in [0.29, 0.717) is 0 Å². The molecule has 0 amide bonds. The standard InChI is InChI=1S/C21H24OS2/c1-3-17-7-5-9-19(11-17)14-23-16-21(13-22)24-15-20-10-6-8-18(4-2)12-20/h3-12,21-22H,1-2,13-16H2. The first-order chi connectivity index (χ1) is 11.7. The summed E-state index contributed by atoms with van der Waals surface area (Å²) in [4.78, 5) is 0. The Kier molecular flexibility index (Phi) is 8.23. The van der Waals surface area contributed by atoms with E-state index in [1.165, 1.54) is 11.1 Å². The molecule has 126 valence electrons. The van der Waals surface area contributed by atoms with Crippen molar-refractivity contribution >= 4 is 35.7 Å². The van der Waals surface area contributed by atoms with E-state index in [1.807, 2.05) is 35.7 Å². The van der Waals surface area contributed by atoms with Gasteiger partial charge in [0.2, 0.25) is 0 Å². The summed E-state index contributed by atoms with van der Waals surface area (Å²) < 4.78 is 0. The van der Waals surface area contributed by atoms with Crippen LogP contribution in [0.5, 0.6) is 0 Å². The van der Waals surface area contributed by atoms with Gasteiger partial charge >= 0.3 is 0 Å². The van der Waals surface area contributed by atoms with Gasteiger partial charge in [0.25, 0.3) is 0 Å². The Morgan fingerprint density at radius 1 is 0.917 bits per heavy atom. The van der Waals surface area contributed by atoms with E-state index in [2.05, 4.69) is 61.7 Å². The number of hydrogen-bond donors (Lipinski definition) is 1. The van der Waals surface area contributed by atoms with E-state index in [0.717, 1.165) is 28.4 Å². The number of aliphatic hydroxyl groups is 1. The monoisotopic (exact) mass is 356 g/mol. The second kappa shape index (κ2) is 10.4. The lowest BCUT2D eigenvalue weighted by Gasteiger charge is -2.14. The minimum atomic E-state index is 0.214. The van der Waals surface area contributed by atoms with Gasteiger partial charge in [0.15, 0.2) is 0 Å². The molecule has 0 fully saturated rings. The summed E-state index contributed by atoms with van der Waals surface area (Å²) in [5, 5.41) is 9.88. The first kappa shape index (κ1) is 18.9. The van der Waals surface area contributed by atoms with Crippen molar-refractivity contribution in [3.63, 3.8) is 0 Å². The van der Waals surface area contributed by atoms with Crippen molar-refractivity contribution in [3.8, 4) is 0 Å². The Hall–Kier alpha value is -1.42. The Labute approximate surface area is 153 Å². The van der Waals surface area contributed by atoms with Crippen LogP contribution in [0.15, 0.2) is 61.7 Å². The summed E-state index contributed by atoms with van der Waals surface area (Å²) in [6.45, 7) is 7.83. The molecule has 1 atom stereocenters. The zero-order valence-corrected chi connectivity index (χ0v) is 15.5. The van der Waals surface area contributed by atoms with Gasteiger partial charge in [-0.2, -0.15) is 23.5 Å². The van der Waals surface area contributed by atoms with Crippen LogP contribution in [0.25, 0.3) is 12.2 Å². The van der Waals surface area contributed by atoms with Crippen molar-refractivity contribution in [2.75, 3.05) is 12.4 Å². The molecule has 24 heavy (non-hydrogen) atoms. The van der Waals surface area contributed by atoms with Crippen LogP contribution in [-0.4, -0.2) is 22.7 Å². The molecule has 0 aliphatic carbocycles. The van der Waals surface area contributed by atoms with Gasteiger partial charge in [-0.05, 0) is 22.3 Å². The van der Waals surface area contributed by atoms with Crippen LogP contribution in [-0.2, 0) is 11.5 Å². The molecular weight excluding hydrogens is 332 g/mol. The number of aliphatic hydroxyl groups excluding tert-OH is 1. The predicted octanol–water partition coefficient (Wildman–Crippen LogP) is 5.50. The molecule has 1 N–H and O–H groups in total. The van der Waals surface area contributed by atoms with Gasteiger partial charge in [-0.1, -0.05) is 73.8 Å². The van der Waals surface area contributed by atoms with Crippen LogP contribution in [0.4, 0.5) is 0 Å². The molecule has 2 aromatic rings. The van der Waals surface area contributed by atoms with Gasteiger partial charge in [-0.3, -0.25) is 0 Å². The van der Waals surface area contributed by atoms with Crippen LogP contribution < -0.4 is 0 Å². The summed E-state index contributed by atoms with van der Waals surface area (Å²) >= 11 is 3.69. The largest absolute Gasteiger partial charge is 0.395 e. The maximum atomic E-state index is 9.62. The third-order valence-electron chi connectivity index (χ3n) is 3.64. The topological polar surface area (TPSA) is 20.2 Å². The molecule has 0 saturated heterocycles. The smallest absolute Gasteiger partial charge is 0.0558 e. The van der Waals surface area contributed by atoms with E-state index in [-0.39, 0.29) is 11.9 Å². The Morgan fingerprint density at radius 3 is 2.04 bits per heavy atom. The fourth-order valence-electron chi connectivity index (χ4n) is 2.30. The van der Waals surface area contributed by atoms with E-state index < -0.39 is 0 Å². The Morgan fingerprint density at radius 2 is 1.50 bits per heavy atom. The predicted molar refractivity (Wildman–Crippen MR) is 111 cm³/mol. The summed E-state index contributed by atoms with van der Waals surface area (Å²) in [5.41, 5.74) is 4.88. The summed E-state index contributed by atoms with van der Waals surface area (Å²) in [6, 6.07) is 16.8.